The second-order valence-electron chi connectivity index (χ2n) is 4.69. The number of aromatic hydroxyl groups is 1. The van der Waals surface area contributed by atoms with Gasteiger partial charge in [-0.1, -0.05) is 6.08 Å². The smallest absolute Gasteiger partial charge is 0.293 e. The number of hydrogen-bond donors (Lipinski definition) is 1. The summed E-state index contributed by atoms with van der Waals surface area (Å²) in [7, 11) is 1.45. The van der Waals surface area contributed by atoms with Gasteiger partial charge in [-0.25, -0.2) is 0 Å². The van der Waals surface area contributed by atoms with E-state index in [1.807, 2.05) is 6.92 Å². The van der Waals surface area contributed by atoms with Gasteiger partial charge in [0, 0.05) is 12.6 Å². The highest BCUT2D eigenvalue weighted by Crippen LogP contribution is 2.36. The first-order valence-corrected chi connectivity index (χ1v) is 7.60. The first-order valence-electron chi connectivity index (χ1n) is 6.79. The Hall–Kier alpha value is -2.21. The van der Waals surface area contributed by atoms with Crippen LogP contribution in [-0.4, -0.2) is 34.8 Å². The predicted octanol–water partition coefficient (Wildman–Crippen LogP) is 3.19. The van der Waals surface area contributed by atoms with E-state index in [-0.39, 0.29) is 16.9 Å². The van der Waals surface area contributed by atoms with Gasteiger partial charge in [0.25, 0.3) is 11.1 Å². The largest absolute Gasteiger partial charge is 0.504 e. The van der Waals surface area contributed by atoms with Crippen LogP contribution in [0.4, 0.5) is 4.79 Å². The number of allylic oxidation sites excluding steroid dienone is 1. The molecule has 0 radical (unpaired) electrons. The van der Waals surface area contributed by atoms with Crippen LogP contribution in [0.2, 0.25) is 0 Å². The zero-order valence-electron chi connectivity index (χ0n) is 12.5. The molecule has 0 atom stereocenters. The number of carbonyl (C=O) groups is 2. The van der Waals surface area contributed by atoms with Gasteiger partial charge in [0.2, 0.25) is 0 Å². The summed E-state index contributed by atoms with van der Waals surface area (Å²) in [6, 6.07) is 3.40. The lowest BCUT2D eigenvalue weighted by Crippen LogP contribution is -2.22. The number of phenols is 1. The SMILES string of the molecule is C=CCc1cc(/C=C2/SC(=O)N(C)C2=O)cc(OCC)c1O. The molecule has 1 aliphatic heterocycles. The van der Waals surface area contributed by atoms with Gasteiger partial charge >= 0.3 is 0 Å². The standard InChI is InChI=1S/C16H17NO4S/c1-4-6-11-7-10(8-12(14(11)18)21-5-2)9-13-15(19)17(3)16(20)22-13/h4,7-9,18H,1,5-6H2,2-3H3/b13-9+. The molecular weight excluding hydrogens is 302 g/mol. The summed E-state index contributed by atoms with van der Waals surface area (Å²) in [6.45, 7) is 5.89. The molecule has 0 saturated carbocycles. The Morgan fingerprint density at radius 1 is 1.41 bits per heavy atom. The van der Waals surface area contributed by atoms with Crippen molar-refractivity contribution in [3.05, 3.63) is 40.8 Å². The number of thioether (sulfide) groups is 1. The van der Waals surface area contributed by atoms with Crippen molar-refractivity contribution in [3.63, 3.8) is 0 Å². The zero-order valence-corrected chi connectivity index (χ0v) is 13.3. The molecule has 5 nitrogen and oxygen atoms in total. The average Bonchev–Trinajstić information content (AvgIpc) is 2.72. The Kier molecular flexibility index (Phi) is 4.92. The lowest BCUT2D eigenvalue weighted by molar-refractivity contribution is -0.121. The first kappa shape index (κ1) is 16.2. The minimum atomic E-state index is -0.327. The zero-order chi connectivity index (χ0) is 16.3. The number of amides is 2. The number of imide groups is 1. The third-order valence-corrected chi connectivity index (χ3v) is 4.09. The highest BCUT2D eigenvalue weighted by molar-refractivity contribution is 8.18. The summed E-state index contributed by atoms with van der Waals surface area (Å²) >= 11 is 0.894. The van der Waals surface area contributed by atoms with Crippen molar-refractivity contribution in [1.82, 2.24) is 4.90 Å². The molecule has 0 bridgehead atoms. The fourth-order valence-electron chi connectivity index (χ4n) is 2.05. The van der Waals surface area contributed by atoms with Crippen LogP contribution in [0.25, 0.3) is 6.08 Å². The van der Waals surface area contributed by atoms with Crippen molar-refractivity contribution in [2.75, 3.05) is 13.7 Å². The molecule has 1 aliphatic rings. The van der Waals surface area contributed by atoms with Crippen LogP contribution in [0.1, 0.15) is 18.1 Å². The number of phenolic OH excluding ortho intramolecular Hbond substituents is 1. The first-order chi connectivity index (χ1) is 10.5. The van der Waals surface area contributed by atoms with Crippen LogP contribution in [-0.2, 0) is 11.2 Å². The number of carbonyl (C=O) groups excluding carboxylic acids is 2. The third kappa shape index (κ3) is 3.17. The van der Waals surface area contributed by atoms with E-state index in [9.17, 15) is 14.7 Å². The fraction of sp³-hybridized carbons (Fsp3) is 0.250. The summed E-state index contributed by atoms with van der Waals surface area (Å²) in [6.07, 6.45) is 3.78. The number of rotatable bonds is 5. The molecule has 0 unspecified atom stereocenters. The van der Waals surface area contributed by atoms with Gasteiger partial charge in [0.05, 0.1) is 11.5 Å². The Labute approximate surface area is 133 Å². The summed E-state index contributed by atoms with van der Waals surface area (Å²) in [5.74, 6) is 0.0950. The maximum atomic E-state index is 11.9. The number of nitrogens with zero attached hydrogens (tertiary/aromatic N) is 1. The van der Waals surface area contributed by atoms with Gasteiger partial charge in [0.1, 0.15) is 0 Å². The quantitative estimate of drug-likeness (QED) is 0.667. The van der Waals surface area contributed by atoms with E-state index < -0.39 is 0 Å². The van der Waals surface area contributed by atoms with Gasteiger partial charge in [-0.2, -0.15) is 0 Å². The van der Waals surface area contributed by atoms with E-state index in [2.05, 4.69) is 6.58 Å². The monoisotopic (exact) mass is 319 g/mol. The molecule has 1 N–H and O–H groups in total. The summed E-state index contributed by atoms with van der Waals surface area (Å²) in [4.78, 5) is 24.9. The molecule has 6 heteroatoms. The predicted molar refractivity (Wildman–Crippen MR) is 86.9 cm³/mol. The maximum Gasteiger partial charge on any atom is 0.293 e. The van der Waals surface area contributed by atoms with Crippen LogP contribution < -0.4 is 4.74 Å². The van der Waals surface area contributed by atoms with E-state index in [0.29, 0.717) is 34.8 Å². The van der Waals surface area contributed by atoms with Crippen LogP contribution in [0.3, 0.4) is 0 Å². The molecule has 1 heterocycles. The number of likely N-dealkylation sites (N-methyl/N-ethyl adjacent to an activating group) is 1. The second kappa shape index (κ2) is 6.70. The van der Waals surface area contributed by atoms with Crippen LogP contribution in [0.5, 0.6) is 11.5 Å². The van der Waals surface area contributed by atoms with E-state index in [4.69, 9.17) is 4.74 Å². The van der Waals surface area contributed by atoms with E-state index >= 15 is 0 Å². The lowest BCUT2D eigenvalue weighted by atomic mass is 10.1. The molecule has 0 aliphatic carbocycles. The van der Waals surface area contributed by atoms with Gasteiger partial charge in [-0.3, -0.25) is 14.5 Å². The minimum absolute atomic E-state index is 0.0718. The van der Waals surface area contributed by atoms with Crippen molar-refractivity contribution >= 4 is 29.0 Å². The Morgan fingerprint density at radius 2 is 2.14 bits per heavy atom. The van der Waals surface area contributed by atoms with E-state index in [1.54, 1.807) is 24.3 Å². The summed E-state index contributed by atoms with van der Waals surface area (Å²) in [5, 5.41) is 9.84. The normalized spacial score (nSPS) is 16.5. The third-order valence-electron chi connectivity index (χ3n) is 3.12. The Balaban J connectivity index is 2.44. The van der Waals surface area contributed by atoms with Crippen molar-refractivity contribution in [2.24, 2.45) is 0 Å². The highest BCUT2D eigenvalue weighted by atomic mass is 32.2. The molecule has 1 fully saturated rings. The van der Waals surface area contributed by atoms with Crippen molar-refractivity contribution < 1.29 is 19.4 Å². The van der Waals surface area contributed by atoms with Gasteiger partial charge < -0.3 is 9.84 Å². The molecular formula is C16H17NO4S. The fourth-order valence-corrected chi connectivity index (χ4v) is 2.87. The molecule has 22 heavy (non-hydrogen) atoms. The summed E-state index contributed by atoms with van der Waals surface area (Å²) in [5.41, 5.74) is 1.35. The van der Waals surface area contributed by atoms with Crippen molar-refractivity contribution in [2.45, 2.75) is 13.3 Å². The van der Waals surface area contributed by atoms with Gasteiger partial charge in [-0.15, -0.1) is 6.58 Å². The number of ether oxygens (including phenoxy) is 1. The maximum absolute atomic E-state index is 11.9. The number of hydrogen-bond acceptors (Lipinski definition) is 5. The van der Waals surface area contributed by atoms with E-state index in [1.165, 1.54) is 7.05 Å². The molecule has 1 aromatic carbocycles. The molecule has 0 aromatic heterocycles. The highest BCUT2D eigenvalue weighted by Gasteiger charge is 2.31. The van der Waals surface area contributed by atoms with Crippen LogP contribution >= 0.6 is 11.8 Å². The molecule has 1 saturated heterocycles. The molecule has 116 valence electrons. The average molecular weight is 319 g/mol. The second-order valence-corrected chi connectivity index (χ2v) is 5.69. The lowest BCUT2D eigenvalue weighted by Gasteiger charge is -2.11. The van der Waals surface area contributed by atoms with Crippen molar-refractivity contribution in [1.29, 1.82) is 0 Å². The van der Waals surface area contributed by atoms with E-state index in [0.717, 1.165) is 16.7 Å². The van der Waals surface area contributed by atoms with Crippen molar-refractivity contribution in [3.8, 4) is 11.5 Å². The molecule has 2 amide bonds. The number of benzene rings is 1. The van der Waals surface area contributed by atoms with Gasteiger partial charge in [-0.05, 0) is 48.9 Å². The van der Waals surface area contributed by atoms with Gasteiger partial charge in [0.15, 0.2) is 11.5 Å². The summed E-state index contributed by atoms with van der Waals surface area (Å²) < 4.78 is 5.42. The van der Waals surface area contributed by atoms with Crippen LogP contribution in [0.15, 0.2) is 29.7 Å². The molecule has 1 aromatic rings. The molecule has 2 rings (SSSR count). The minimum Gasteiger partial charge on any atom is -0.504 e. The Bertz CT molecular complexity index is 666. The topological polar surface area (TPSA) is 66.8 Å². The molecule has 0 spiro atoms. The Morgan fingerprint density at radius 3 is 2.68 bits per heavy atom. The van der Waals surface area contributed by atoms with Crippen LogP contribution in [0, 0.1) is 0 Å².